The first kappa shape index (κ1) is 38.8. The van der Waals surface area contributed by atoms with E-state index in [1.807, 2.05) is 0 Å². The van der Waals surface area contributed by atoms with E-state index in [1.54, 1.807) is 0 Å². The lowest BCUT2D eigenvalue weighted by atomic mass is 9.70. The van der Waals surface area contributed by atoms with Crippen molar-refractivity contribution in [3.8, 4) is 33.4 Å². The number of nitrogens with zero attached hydrogens (tertiary/aromatic N) is 2. The first-order valence-electron chi connectivity index (χ1n) is 24.5. The maximum Gasteiger partial charge on any atom is 0.0726 e. The highest BCUT2D eigenvalue weighted by Crippen LogP contribution is 2.64. The van der Waals surface area contributed by atoms with Gasteiger partial charge in [0, 0.05) is 39.5 Å². The Balaban J connectivity index is 0.950. The molecule has 14 rings (SSSR count). The molecule has 1 spiro atoms. The molecule has 2 bridgehead atoms. The zero-order chi connectivity index (χ0) is 44.4. The van der Waals surface area contributed by atoms with Gasteiger partial charge in [-0.05, 0) is 182 Å². The molecule has 0 N–H and O–H groups in total. The van der Waals surface area contributed by atoms with Gasteiger partial charge in [-0.25, -0.2) is 0 Å². The second kappa shape index (κ2) is 14.5. The predicted molar refractivity (Wildman–Crippen MR) is 278 cm³/mol. The van der Waals surface area contributed by atoms with Gasteiger partial charge in [0.2, 0.25) is 0 Å². The summed E-state index contributed by atoms with van der Waals surface area (Å²) >= 11 is 0. The molecule has 2 fully saturated rings. The minimum atomic E-state index is -0.504. The SMILES string of the molecule is CC1(C)c2ccccc2-c2ccc(N(c3ccccc3)c3ccc4c(c3)C3(c5ccccc5-c5cc(N(c6ccccc6)c6cccc(C7CC8CCC7C8)c6)ccc53)c3ccccc3-4)cc21. The number of hydrogen-bond donors (Lipinski definition) is 0. The van der Waals surface area contributed by atoms with E-state index in [0.29, 0.717) is 5.92 Å². The molecule has 4 unspecified atom stereocenters. The Hall–Kier alpha value is -7.42. The fourth-order valence-electron chi connectivity index (χ4n) is 13.8. The van der Waals surface area contributed by atoms with Crippen LogP contribution in [-0.2, 0) is 10.8 Å². The highest BCUT2D eigenvalue weighted by molar-refractivity contribution is 5.98. The molecule has 0 amide bonds. The molecule has 9 aromatic carbocycles. The van der Waals surface area contributed by atoms with Crippen LogP contribution in [0.2, 0.25) is 0 Å². The van der Waals surface area contributed by atoms with Crippen molar-refractivity contribution in [1.82, 2.24) is 0 Å². The average molecular weight is 861 g/mol. The molecule has 322 valence electrons. The third-order valence-corrected chi connectivity index (χ3v) is 16.7. The van der Waals surface area contributed by atoms with Crippen molar-refractivity contribution < 1.29 is 0 Å². The molecule has 0 aliphatic heterocycles. The van der Waals surface area contributed by atoms with E-state index in [1.165, 1.54) is 115 Å². The lowest BCUT2D eigenvalue weighted by Crippen LogP contribution is -2.26. The van der Waals surface area contributed by atoms with Gasteiger partial charge in [0.25, 0.3) is 0 Å². The van der Waals surface area contributed by atoms with Gasteiger partial charge in [-0.3, -0.25) is 0 Å². The maximum absolute atomic E-state index is 2.52. The molecule has 5 aliphatic rings. The lowest BCUT2D eigenvalue weighted by Gasteiger charge is -2.33. The fourth-order valence-corrected chi connectivity index (χ4v) is 13.8. The summed E-state index contributed by atoms with van der Waals surface area (Å²) < 4.78 is 0. The van der Waals surface area contributed by atoms with Gasteiger partial charge in [0.15, 0.2) is 0 Å². The standard InChI is InChI=1S/C65H52N2/c1-64(2)58-25-12-9-22-51(58)54-33-30-49(40-62(54)64)67(46-19-7-4-8-20-46)50-31-34-55-52-23-10-13-26-59(52)65(63(55)41-50)60-27-14-11-24-53(60)57-39-48(32-35-61(57)65)66(45-17-5-3-6-18-45)47-21-15-16-43(38-47)56-37-42-28-29-44(56)36-42/h3-27,30-35,38-42,44,56H,28-29,36-37H2,1-2H3. The predicted octanol–water partition coefficient (Wildman–Crippen LogP) is 17.2. The minimum Gasteiger partial charge on any atom is -0.310 e. The zero-order valence-electron chi connectivity index (χ0n) is 38.2. The minimum absolute atomic E-state index is 0.113. The summed E-state index contributed by atoms with van der Waals surface area (Å²) in [6.07, 6.45) is 5.54. The summed E-state index contributed by atoms with van der Waals surface area (Å²) in [7, 11) is 0. The van der Waals surface area contributed by atoms with Crippen LogP contribution in [-0.4, -0.2) is 0 Å². The maximum atomic E-state index is 2.52. The van der Waals surface area contributed by atoms with Gasteiger partial charge in [-0.15, -0.1) is 0 Å². The van der Waals surface area contributed by atoms with Crippen LogP contribution in [0.1, 0.15) is 84.4 Å². The van der Waals surface area contributed by atoms with Crippen molar-refractivity contribution >= 4 is 34.1 Å². The van der Waals surface area contributed by atoms with E-state index in [9.17, 15) is 0 Å². The molecular formula is C65H52N2. The molecule has 5 aliphatic carbocycles. The summed E-state index contributed by atoms with van der Waals surface area (Å²) in [6, 6.07) is 80.6. The van der Waals surface area contributed by atoms with E-state index in [0.717, 1.165) is 28.9 Å². The first-order valence-corrected chi connectivity index (χ1v) is 24.5. The Labute approximate surface area is 394 Å². The van der Waals surface area contributed by atoms with Crippen molar-refractivity contribution in [3.05, 3.63) is 251 Å². The molecule has 67 heavy (non-hydrogen) atoms. The van der Waals surface area contributed by atoms with Crippen LogP contribution >= 0.6 is 0 Å². The van der Waals surface area contributed by atoms with Crippen LogP contribution in [0.15, 0.2) is 212 Å². The lowest BCUT2D eigenvalue weighted by molar-refractivity contribution is 0.420. The number of rotatable bonds is 7. The molecule has 0 aromatic heterocycles. The van der Waals surface area contributed by atoms with Gasteiger partial charge < -0.3 is 9.80 Å². The van der Waals surface area contributed by atoms with Gasteiger partial charge in [-0.2, -0.15) is 0 Å². The van der Waals surface area contributed by atoms with Gasteiger partial charge in [0.1, 0.15) is 0 Å². The third kappa shape index (κ3) is 5.56. The van der Waals surface area contributed by atoms with Crippen molar-refractivity contribution in [2.75, 3.05) is 9.80 Å². The van der Waals surface area contributed by atoms with Crippen LogP contribution in [0, 0.1) is 11.8 Å². The van der Waals surface area contributed by atoms with Gasteiger partial charge in [-0.1, -0.05) is 160 Å². The monoisotopic (exact) mass is 860 g/mol. The van der Waals surface area contributed by atoms with E-state index >= 15 is 0 Å². The molecule has 9 aromatic rings. The van der Waals surface area contributed by atoms with Crippen molar-refractivity contribution in [3.63, 3.8) is 0 Å². The molecule has 2 nitrogen and oxygen atoms in total. The van der Waals surface area contributed by atoms with Crippen LogP contribution in [0.4, 0.5) is 34.1 Å². The van der Waals surface area contributed by atoms with Crippen molar-refractivity contribution in [2.24, 2.45) is 11.8 Å². The molecule has 2 saturated carbocycles. The summed E-state index contributed by atoms with van der Waals surface area (Å²) in [5.74, 6) is 2.40. The molecule has 0 heterocycles. The van der Waals surface area contributed by atoms with E-state index in [-0.39, 0.29) is 5.41 Å². The van der Waals surface area contributed by atoms with Crippen LogP contribution in [0.3, 0.4) is 0 Å². The van der Waals surface area contributed by atoms with Crippen molar-refractivity contribution in [2.45, 2.75) is 56.3 Å². The Morgan fingerprint density at radius 2 is 0.821 bits per heavy atom. The quantitative estimate of drug-likeness (QED) is 0.158. The topological polar surface area (TPSA) is 6.48 Å². The summed E-state index contributed by atoms with van der Waals surface area (Å²) in [5.41, 5.74) is 23.9. The molecule has 2 heteroatoms. The van der Waals surface area contributed by atoms with E-state index in [2.05, 4.69) is 236 Å². The average Bonchev–Trinajstić information content (AvgIpc) is 4.19. The Morgan fingerprint density at radius 1 is 0.343 bits per heavy atom. The zero-order valence-corrected chi connectivity index (χ0v) is 38.2. The van der Waals surface area contributed by atoms with E-state index < -0.39 is 5.41 Å². The van der Waals surface area contributed by atoms with Gasteiger partial charge in [0.05, 0.1) is 5.41 Å². The van der Waals surface area contributed by atoms with Crippen molar-refractivity contribution in [1.29, 1.82) is 0 Å². The third-order valence-electron chi connectivity index (χ3n) is 16.7. The number of anilines is 6. The second-order valence-corrected chi connectivity index (χ2v) is 20.4. The Morgan fingerprint density at radius 3 is 1.45 bits per heavy atom. The second-order valence-electron chi connectivity index (χ2n) is 20.4. The highest BCUT2D eigenvalue weighted by atomic mass is 15.1. The summed E-state index contributed by atoms with van der Waals surface area (Å²) in [6.45, 7) is 4.75. The summed E-state index contributed by atoms with van der Waals surface area (Å²) in [4.78, 5) is 4.97. The molecule has 4 atom stereocenters. The number of fused-ring (bicyclic) bond motifs is 15. The summed E-state index contributed by atoms with van der Waals surface area (Å²) in [5, 5.41) is 0. The fraction of sp³-hybridized carbons (Fsp3) is 0.169. The van der Waals surface area contributed by atoms with Crippen LogP contribution in [0.5, 0.6) is 0 Å². The normalized spacial score (nSPS) is 20.5. The molecule has 0 saturated heterocycles. The Kier molecular flexibility index (Phi) is 8.42. The number of hydrogen-bond acceptors (Lipinski definition) is 2. The first-order chi connectivity index (χ1) is 33.0. The van der Waals surface area contributed by atoms with Crippen LogP contribution < -0.4 is 9.80 Å². The molecule has 0 radical (unpaired) electrons. The molecular weight excluding hydrogens is 809 g/mol. The van der Waals surface area contributed by atoms with Crippen LogP contribution in [0.25, 0.3) is 33.4 Å². The smallest absolute Gasteiger partial charge is 0.0726 e. The number of benzene rings is 9. The number of para-hydroxylation sites is 2. The largest absolute Gasteiger partial charge is 0.310 e. The van der Waals surface area contributed by atoms with Gasteiger partial charge >= 0.3 is 0 Å². The Bertz CT molecular complexity index is 3440. The van der Waals surface area contributed by atoms with E-state index in [4.69, 9.17) is 0 Å². The highest BCUT2D eigenvalue weighted by Gasteiger charge is 2.52.